The number of hydrogen-bond acceptors (Lipinski definition) is 6. The number of ether oxygens (including phenoxy) is 1. The second-order valence-corrected chi connectivity index (χ2v) is 6.16. The SMILES string of the molecule is CCOc1cc(/C=N\NC(=S)NC2CCCCC2)cc([N+](=O)[O-])c1O. The maximum absolute atomic E-state index is 11.0. The van der Waals surface area contributed by atoms with Crippen LogP contribution in [0.2, 0.25) is 0 Å². The van der Waals surface area contributed by atoms with Gasteiger partial charge in [0.1, 0.15) is 0 Å². The molecule has 9 heteroatoms. The average Bonchev–Trinajstić information content (AvgIpc) is 2.58. The molecule has 3 N–H and O–H groups in total. The van der Waals surface area contributed by atoms with Gasteiger partial charge >= 0.3 is 5.69 Å². The lowest BCUT2D eigenvalue weighted by Gasteiger charge is -2.23. The first kappa shape index (κ1) is 18.9. The number of nitrogens with one attached hydrogen (secondary N) is 2. The molecule has 0 amide bonds. The van der Waals surface area contributed by atoms with E-state index in [0.717, 1.165) is 12.8 Å². The third-order valence-corrected chi connectivity index (χ3v) is 4.10. The summed E-state index contributed by atoms with van der Waals surface area (Å²) in [5.41, 5.74) is 2.69. The molecule has 0 unspecified atom stereocenters. The Morgan fingerprint density at radius 2 is 2.20 bits per heavy atom. The van der Waals surface area contributed by atoms with E-state index in [-0.39, 0.29) is 12.4 Å². The Hall–Kier alpha value is -2.42. The van der Waals surface area contributed by atoms with Gasteiger partial charge in [0.05, 0.1) is 17.7 Å². The van der Waals surface area contributed by atoms with Crippen molar-refractivity contribution in [2.75, 3.05) is 6.61 Å². The van der Waals surface area contributed by atoms with Crippen LogP contribution in [0.15, 0.2) is 17.2 Å². The van der Waals surface area contributed by atoms with Gasteiger partial charge in [-0.25, -0.2) is 0 Å². The van der Waals surface area contributed by atoms with Gasteiger partial charge in [0.2, 0.25) is 5.75 Å². The summed E-state index contributed by atoms with van der Waals surface area (Å²) in [5.74, 6) is -0.451. The van der Waals surface area contributed by atoms with Gasteiger partial charge in [-0.15, -0.1) is 0 Å². The maximum atomic E-state index is 11.0. The molecule has 0 bridgehead atoms. The third-order valence-electron chi connectivity index (χ3n) is 3.89. The van der Waals surface area contributed by atoms with Crippen molar-refractivity contribution in [3.63, 3.8) is 0 Å². The second kappa shape index (κ2) is 9.16. The Balaban J connectivity index is 2.01. The number of nitrogens with zero attached hydrogens (tertiary/aromatic N) is 2. The Morgan fingerprint density at radius 3 is 2.84 bits per heavy atom. The summed E-state index contributed by atoms with van der Waals surface area (Å²) < 4.78 is 5.22. The van der Waals surface area contributed by atoms with E-state index >= 15 is 0 Å². The number of hydrazone groups is 1. The fourth-order valence-electron chi connectivity index (χ4n) is 2.72. The van der Waals surface area contributed by atoms with Gasteiger partial charge in [-0.3, -0.25) is 15.5 Å². The first-order chi connectivity index (χ1) is 12.0. The molecule has 136 valence electrons. The molecule has 0 heterocycles. The van der Waals surface area contributed by atoms with E-state index in [1.54, 1.807) is 6.92 Å². The molecule has 1 aliphatic carbocycles. The highest BCUT2D eigenvalue weighted by molar-refractivity contribution is 7.80. The lowest BCUT2D eigenvalue weighted by molar-refractivity contribution is -0.386. The molecule has 2 rings (SSSR count). The van der Waals surface area contributed by atoms with Gasteiger partial charge < -0.3 is 15.2 Å². The lowest BCUT2D eigenvalue weighted by atomic mass is 9.96. The zero-order valence-electron chi connectivity index (χ0n) is 14.0. The molecule has 0 aliphatic heterocycles. The number of phenols is 1. The van der Waals surface area contributed by atoms with E-state index in [9.17, 15) is 15.2 Å². The molecular formula is C16H22N4O4S. The maximum Gasteiger partial charge on any atom is 0.315 e. The standard InChI is InChI=1S/C16H22N4O4S/c1-2-24-14-9-11(8-13(15(14)21)20(22)23)10-17-19-16(25)18-12-6-4-3-5-7-12/h8-10,12,21H,2-7H2,1H3,(H2,18,19,25)/b17-10-. The summed E-state index contributed by atoms with van der Waals surface area (Å²) in [5, 5.41) is 28.5. The van der Waals surface area contributed by atoms with Gasteiger partial charge in [-0.1, -0.05) is 19.3 Å². The van der Waals surface area contributed by atoms with E-state index in [4.69, 9.17) is 17.0 Å². The number of phenolic OH excluding ortho intramolecular Hbond substituents is 1. The number of nitro benzene ring substituents is 1. The molecule has 1 fully saturated rings. The fourth-order valence-corrected chi connectivity index (χ4v) is 2.94. The van der Waals surface area contributed by atoms with E-state index in [1.807, 2.05) is 0 Å². The van der Waals surface area contributed by atoms with Crippen LogP contribution < -0.4 is 15.5 Å². The van der Waals surface area contributed by atoms with Crippen molar-refractivity contribution in [2.24, 2.45) is 5.10 Å². The monoisotopic (exact) mass is 366 g/mol. The first-order valence-electron chi connectivity index (χ1n) is 8.25. The highest BCUT2D eigenvalue weighted by Crippen LogP contribution is 2.36. The van der Waals surface area contributed by atoms with Crippen molar-refractivity contribution in [3.8, 4) is 11.5 Å². The predicted molar refractivity (Wildman–Crippen MR) is 99.3 cm³/mol. The molecule has 1 aromatic rings. The van der Waals surface area contributed by atoms with Crippen molar-refractivity contribution in [1.29, 1.82) is 0 Å². The van der Waals surface area contributed by atoms with Crippen molar-refractivity contribution in [1.82, 2.24) is 10.7 Å². The average molecular weight is 366 g/mol. The molecule has 0 atom stereocenters. The zero-order chi connectivity index (χ0) is 18.2. The van der Waals surface area contributed by atoms with Crippen LogP contribution in [-0.2, 0) is 0 Å². The topological polar surface area (TPSA) is 109 Å². The van der Waals surface area contributed by atoms with Crippen molar-refractivity contribution in [3.05, 3.63) is 27.8 Å². The number of aromatic hydroxyl groups is 1. The predicted octanol–water partition coefficient (Wildman–Crippen LogP) is 2.83. The molecule has 25 heavy (non-hydrogen) atoms. The molecule has 1 aromatic carbocycles. The minimum Gasteiger partial charge on any atom is -0.500 e. The minimum atomic E-state index is -0.669. The smallest absolute Gasteiger partial charge is 0.315 e. The summed E-state index contributed by atoms with van der Waals surface area (Å²) in [6.45, 7) is 2.00. The van der Waals surface area contributed by atoms with Crippen LogP contribution >= 0.6 is 12.2 Å². The Bertz CT molecular complexity index is 660. The van der Waals surface area contributed by atoms with Gasteiger partial charge in [0, 0.05) is 17.7 Å². The van der Waals surface area contributed by atoms with Crippen molar-refractivity contribution < 1.29 is 14.8 Å². The van der Waals surface area contributed by atoms with E-state index in [0.29, 0.717) is 16.7 Å². The van der Waals surface area contributed by atoms with Gasteiger partial charge in [-0.2, -0.15) is 5.10 Å². The molecule has 1 aliphatic rings. The minimum absolute atomic E-state index is 0.0426. The van der Waals surface area contributed by atoms with Crippen LogP contribution in [0.5, 0.6) is 11.5 Å². The lowest BCUT2D eigenvalue weighted by Crippen LogP contribution is -2.40. The number of thiocarbonyl (C=S) groups is 1. The molecule has 0 saturated heterocycles. The second-order valence-electron chi connectivity index (χ2n) is 5.76. The molecule has 8 nitrogen and oxygen atoms in total. The molecule has 0 radical (unpaired) electrons. The fraction of sp³-hybridized carbons (Fsp3) is 0.500. The van der Waals surface area contributed by atoms with E-state index in [2.05, 4.69) is 15.8 Å². The van der Waals surface area contributed by atoms with Crippen molar-refractivity contribution in [2.45, 2.75) is 45.1 Å². The van der Waals surface area contributed by atoms with Crippen molar-refractivity contribution >= 4 is 29.2 Å². The molecule has 1 saturated carbocycles. The van der Waals surface area contributed by atoms with E-state index < -0.39 is 16.4 Å². The van der Waals surface area contributed by atoms with Crippen LogP contribution in [0.4, 0.5) is 5.69 Å². The summed E-state index contributed by atoms with van der Waals surface area (Å²) in [7, 11) is 0. The van der Waals surface area contributed by atoms with E-state index in [1.165, 1.54) is 37.6 Å². The molecular weight excluding hydrogens is 344 g/mol. The quantitative estimate of drug-likeness (QED) is 0.307. The Morgan fingerprint density at radius 1 is 1.48 bits per heavy atom. The first-order valence-corrected chi connectivity index (χ1v) is 8.65. The molecule has 0 aromatic heterocycles. The van der Waals surface area contributed by atoms with Gasteiger partial charge in [0.25, 0.3) is 0 Å². The van der Waals surface area contributed by atoms with Gasteiger partial charge in [0.15, 0.2) is 10.9 Å². The summed E-state index contributed by atoms with van der Waals surface area (Å²) in [4.78, 5) is 10.4. The van der Waals surface area contributed by atoms with Crippen LogP contribution in [0.3, 0.4) is 0 Å². The highest BCUT2D eigenvalue weighted by Gasteiger charge is 2.19. The van der Waals surface area contributed by atoms with Gasteiger partial charge in [-0.05, 0) is 38.0 Å². The zero-order valence-corrected chi connectivity index (χ0v) is 14.8. The Kier molecular flexibility index (Phi) is 6.93. The largest absolute Gasteiger partial charge is 0.500 e. The van der Waals surface area contributed by atoms with Crippen LogP contribution in [0, 0.1) is 10.1 Å². The van der Waals surface area contributed by atoms with Crippen LogP contribution in [-0.4, -0.2) is 34.0 Å². The number of nitro groups is 1. The normalized spacial score (nSPS) is 15.1. The number of rotatable bonds is 6. The highest BCUT2D eigenvalue weighted by atomic mass is 32.1. The Labute approximate surface area is 151 Å². The molecule has 0 spiro atoms. The number of hydrogen-bond donors (Lipinski definition) is 3. The summed E-state index contributed by atoms with van der Waals surface area (Å²) in [6, 6.07) is 3.07. The summed E-state index contributed by atoms with van der Waals surface area (Å²) in [6.07, 6.45) is 7.23. The third kappa shape index (κ3) is 5.56. The van der Waals surface area contributed by atoms with Crippen LogP contribution in [0.1, 0.15) is 44.6 Å². The van der Waals surface area contributed by atoms with Crippen LogP contribution in [0.25, 0.3) is 0 Å². The summed E-state index contributed by atoms with van der Waals surface area (Å²) >= 11 is 5.20. The number of benzene rings is 1.